The summed E-state index contributed by atoms with van der Waals surface area (Å²) in [6.45, 7) is 3.72. The Morgan fingerprint density at radius 1 is 1.37 bits per heavy atom. The molecule has 1 saturated heterocycles. The van der Waals surface area contributed by atoms with Crippen LogP contribution in [0.2, 0.25) is 0 Å². The summed E-state index contributed by atoms with van der Waals surface area (Å²) in [6.07, 6.45) is 0. The molecule has 1 aliphatic heterocycles. The van der Waals surface area contributed by atoms with Gasteiger partial charge in [0, 0.05) is 18.5 Å². The van der Waals surface area contributed by atoms with E-state index in [9.17, 15) is 13.6 Å². The number of hydrogen-bond donors (Lipinski definition) is 2. The molecule has 0 saturated carbocycles. The lowest BCUT2D eigenvalue weighted by Gasteiger charge is -2.31. The van der Waals surface area contributed by atoms with E-state index in [2.05, 4.69) is 10.6 Å². The summed E-state index contributed by atoms with van der Waals surface area (Å²) in [5, 5.41) is 5.81. The van der Waals surface area contributed by atoms with Crippen molar-refractivity contribution >= 4 is 18.3 Å². The second-order valence-electron chi connectivity index (χ2n) is 4.70. The van der Waals surface area contributed by atoms with Gasteiger partial charge < -0.3 is 10.6 Å². The van der Waals surface area contributed by atoms with Gasteiger partial charge in [-0.15, -0.1) is 12.4 Å². The fourth-order valence-electron chi connectivity index (χ4n) is 1.94. The third-order valence-electron chi connectivity index (χ3n) is 3.32. The highest BCUT2D eigenvalue weighted by Gasteiger charge is 2.28. The average molecular weight is 291 g/mol. The molecule has 1 aliphatic rings. The molecular formula is C13H17ClF2N2O. The molecule has 1 atom stereocenters. The van der Waals surface area contributed by atoms with Crippen LogP contribution in [0.15, 0.2) is 18.2 Å². The lowest BCUT2D eigenvalue weighted by molar-refractivity contribution is -0.126. The molecule has 0 aromatic heterocycles. The van der Waals surface area contributed by atoms with Crippen molar-refractivity contribution in [3.8, 4) is 0 Å². The highest BCUT2D eigenvalue weighted by Crippen LogP contribution is 2.16. The maximum absolute atomic E-state index is 12.9. The second kappa shape index (κ2) is 6.82. The van der Waals surface area contributed by atoms with E-state index in [1.807, 2.05) is 6.92 Å². The molecule has 2 N–H and O–H groups in total. The number of rotatable bonds is 4. The van der Waals surface area contributed by atoms with Crippen molar-refractivity contribution in [3.63, 3.8) is 0 Å². The van der Waals surface area contributed by atoms with E-state index in [1.54, 1.807) is 0 Å². The van der Waals surface area contributed by atoms with Gasteiger partial charge in [0.05, 0.1) is 0 Å². The molecular weight excluding hydrogens is 274 g/mol. The molecule has 0 spiro atoms. The van der Waals surface area contributed by atoms with Gasteiger partial charge in [-0.2, -0.15) is 0 Å². The molecule has 1 heterocycles. The maximum Gasteiger partial charge on any atom is 0.223 e. The molecule has 6 heteroatoms. The summed E-state index contributed by atoms with van der Waals surface area (Å²) in [5.41, 5.74) is 0.430. The smallest absolute Gasteiger partial charge is 0.223 e. The van der Waals surface area contributed by atoms with E-state index < -0.39 is 11.6 Å². The van der Waals surface area contributed by atoms with Gasteiger partial charge in [-0.3, -0.25) is 4.79 Å². The molecule has 0 aliphatic carbocycles. The van der Waals surface area contributed by atoms with Gasteiger partial charge in [-0.25, -0.2) is 8.78 Å². The van der Waals surface area contributed by atoms with Crippen molar-refractivity contribution in [2.24, 2.45) is 11.8 Å². The number of carbonyl (C=O) groups is 1. The highest BCUT2D eigenvalue weighted by atomic mass is 35.5. The van der Waals surface area contributed by atoms with Crippen molar-refractivity contribution in [1.82, 2.24) is 10.6 Å². The highest BCUT2D eigenvalue weighted by molar-refractivity contribution is 5.85. The Morgan fingerprint density at radius 3 is 2.42 bits per heavy atom. The first-order valence-corrected chi connectivity index (χ1v) is 5.99. The van der Waals surface area contributed by atoms with Gasteiger partial charge in [0.2, 0.25) is 5.91 Å². The van der Waals surface area contributed by atoms with E-state index in [4.69, 9.17) is 0 Å². The van der Waals surface area contributed by atoms with Crippen molar-refractivity contribution in [2.75, 3.05) is 13.1 Å². The Morgan fingerprint density at radius 2 is 1.95 bits per heavy atom. The van der Waals surface area contributed by atoms with Crippen LogP contribution in [-0.2, 0) is 11.3 Å². The molecule has 106 valence electrons. The topological polar surface area (TPSA) is 41.1 Å². The minimum absolute atomic E-state index is 0. The van der Waals surface area contributed by atoms with Crippen LogP contribution in [0, 0.1) is 23.5 Å². The third kappa shape index (κ3) is 4.14. The number of halogens is 3. The van der Waals surface area contributed by atoms with E-state index in [0.717, 1.165) is 19.2 Å². The quantitative estimate of drug-likeness (QED) is 0.889. The fraction of sp³-hybridized carbons (Fsp3) is 0.462. The third-order valence-corrected chi connectivity index (χ3v) is 3.32. The summed E-state index contributed by atoms with van der Waals surface area (Å²) in [5.74, 6) is -1.06. The van der Waals surface area contributed by atoms with Crippen LogP contribution >= 0.6 is 12.4 Å². The second-order valence-corrected chi connectivity index (χ2v) is 4.70. The Balaban J connectivity index is 0.00000180. The molecule has 19 heavy (non-hydrogen) atoms. The Hall–Kier alpha value is -1.20. The number of carbonyl (C=O) groups excluding carboxylic acids is 1. The lowest BCUT2D eigenvalue weighted by Crippen LogP contribution is -2.49. The predicted octanol–water partition coefficient (Wildman–Crippen LogP) is 1.86. The lowest BCUT2D eigenvalue weighted by atomic mass is 9.88. The standard InChI is InChI=1S/C13H16F2N2O.ClH/c1-8(10-6-16-7-10)13(18)17-5-9-2-11(14)4-12(15)3-9;/h2-4,8,10,16H,5-7H2,1H3,(H,17,18);1H. The normalized spacial score (nSPS) is 16.2. The largest absolute Gasteiger partial charge is 0.352 e. The molecule has 1 aromatic carbocycles. The maximum atomic E-state index is 12.9. The average Bonchev–Trinajstić information content (AvgIpc) is 2.22. The number of amides is 1. The van der Waals surface area contributed by atoms with Gasteiger partial charge in [0.25, 0.3) is 0 Å². The summed E-state index contributed by atoms with van der Waals surface area (Å²) in [4.78, 5) is 11.8. The van der Waals surface area contributed by atoms with E-state index >= 15 is 0 Å². The monoisotopic (exact) mass is 290 g/mol. The van der Waals surface area contributed by atoms with Gasteiger partial charge in [-0.1, -0.05) is 6.92 Å². The van der Waals surface area contributed by atoms with Gasteiger partial charge in [0.15, 0.2) is 0 Å². The SMILES string of the molecule is CC(C(=O)NCc1cc(F)cc(F)c1)C1CNC1.Cl. The zero-order valence-corrected chi connectivity index (χ0v) is 11.4. The minimum atomic E-state index is -0.629. The van der Waals surface area contributed by atoms with Crippen LogP contribution in [0.1, 0.15) is 12.5 Å². The molecule has 3 nitrogen and oxygen atoms in total. The van der Waals surface area contributed by atoms with Crippen LogP contribution in [0.25, 0.3) is 0 Å². The Labute approximate surface area is 117 Å². The number of benzene rings is 1. The van der Waals surface area contributed by atoms with Gasteiger partial charge in [0.1, 0.15) is 11.6 Å². The van der Waals surface area contributed by atoms with Crippen LogP contribution in [0.4, 0.5) is 8.78 Å². The van der Waals surface area contributed by atoms with Crippen LogP contribution in [0.3, 0.4) is 0 Å². The number of hydrogen-bond acceptors (Lipinski definition) is 2. The van der Waals surface area contributed by atoms with Crippen molar-refractivity contribution in [2.45, 2.75) is 13.5 Å². The van der Waals surface area contributed by atoms with E-state index in [0.29, 0.717) is 11.5 Å². The first-order chi connectivity index (χ1) is 8.56. The molecule has 1 amide bonds. The zero-order valence-electron chi connectivity index (χ0n) is 10.6. The fourth-order valence-corrected chi connectivity index (χ4v) is 1.94. The molecule has 0 bridgehead atoms. The summed E-state index contributed by atoms with van der Waals surface area (Å²) >= 11 is 0. The van der Waals surface area contributed by atoms with Crippen molar-refractivity contribution in [3.05, 3.63) is 35.4 Å². The summed E-state index contributed by atoms with van der Waals surface area (Å²) in [7, 11) is 0. The van der Waals surface area contributed by atoms with Gasteiger partial charge in [-0.05, 0) is 36.7 Å². The summed E-state index contributed by atoms with van der Waals surface area (Å²) in [6, 6.07) is 3.26. The predicted molar refractivity (Wildman–Crippen MR) is 71.0 cm³/mol. The molecule has 1 aromatic rings. The molecule has 1 fully saturated rings. The molecule has 0 radical (unpaired) electrons. The first-order valence-electron chi connectivity index (χ1n) is 5.99. The van der Waals surface area contributed by atoms with Crippen LogP contribution < -0.4 is 10.6 Å². The Kier molecular flexibility index (Phi) is 5.69. The first kappa shape index (κ1) is 15.9. The van der Waals surface area contributed by atoms with E-state index in [1.165, 1.54) is 12.1 Å². The van der Waals surface area contributed by atoms with E-state index in [-0.39, 0.29) is 30.8 Å². The molecule has 2 rings (SSSR count). The van der Waals surface area contributed by atoms with Crippen LogP contribution in [-0.4, -0.2) is 19.0 Å². The zero-order chi connectivity index (χ0) is 13.1. The van der Waals surface area contributed by atoms with Gasteiger partial charge >= 0.3 is 0 Å². The summed E-state index contributed by atoms with van der Waals surface area (Å²) < 4.78 is 25.9. The van der Waals surface area contributed by atoms with Crippen molar-refractivity contribution < 1.29 is 13.6 Å². The minimum Gasteiger partial charge on any atom is -0.352 e. The number of nitrogens with one attached hydrogen (secondary N) is 2. The van der Waals surface area contributed by atoms with Crippen LogP contribution in [0.5, 0.6) is 0 Å². The molecule has 1 unspecified atom stereocenters. The Bertz CT molecular complexity index is 432. The van der Waals surface area contributed by atoms with Crippen molar-refractivity contribution in [1.29, 1.82) is 0 Å².